The molecule has 3 rings (SSSR count). The molecule has 118 valence electrons. The maximum Gasteiger partial charge on any atom is 0.335 e. The number of benzene rings is 1. The number of H-pyrrole nitrogens is 1. The van der Waals surface area contributed by atoms with Crippen molar-refractivity contribution >= 4 is 16.9 Å². The van der Waals surface area contributed by atoms with Gasteiger partial charge >= 0.3 is 5.97 Å². The van der Waals surface area contributed by atoms with E-state index in [0.717, 1.165) is 61.3 Å². The number of aromatic amines is 1. The highest BCUT2D eigenvalue weighted by molar-refractivity contribution is 5.96. The van der Waals surface area contributed by atoms with Crippen molar-refractivity contribution in [2.75, 3.05) is 32.7 Å². The summed E-state index contributed by atoms with van der Waals surface area (Å²) in [4.78, 5) is 17.2. The van der Waals surface area contributed by atoms with E-state index in [1.165, 1.54) is 5.56 Å². The largest absolute Gasteiger partial charge is 0.478 e. The number of aryl methyl sites for hydroxylation is 2. The van der Waals surface area contributed by atoms with E-state index < -0.39 is 5.97 Å². The Morgan fingerprint density at radius 3 is 2.68 bits per heavy atom. The van der Waals surface area contributed by atoms with Crippen LogP contribution in [0.5, 0.6) is 0 Å². The molecular weight excluding hydrogens is 278 g/mol. The lowest BCUT2D eigenvalue weighted by Crippen LogP contribution is -2.44. The zero-order valence-electron chi connectivity index (χ0n) is 13.2. The summed E-state index contributed by atoms with van der Waals surface area (Å²) < 4.78 is 0. The number of rotatable bonds is 4. The van der Waals surface area contributed by atoms with Gasteiger partial charge in [0.2, 0.25) is 0 Å². The fourth-order valence-electron chi connectivity index (χ4n) is 3.31. The Kier molecular flexibility index (Phi) is 4.18. The SMILES string of the molecule is Cc1[nH]c2c(C)cc(C(=O)O)cc2c1CCN1CCNCC1. The zero-order valence-corrected chi connectivity index (χ0v) is 13.2. The van der Waals surface area contributed by atoms with Crippen molar-refractivity contribution in [3.05, 3.63) is 34.5 Å². The van der Waals surface area contributed by atoms with E-state index >= 15 is 0 Å². The van der Waals surface area contributed by atoms with E-state index in [1.807, 2.05) is 6.92 Å². The Morgan fingerprint density at radius 2 is 2.00 bits per heavy atom. The lowest BCUT2D eigenvalue weighted by molar-refractivity contribution is 0.0697. The standard InChI is InChI=1S/C17H23N3O2/c1-11-9-13(17(21)22)10-15-14(12(2)19-16(11)15)3-6-20-7-4-18-5-8-20/h9-10,18-19H,3-8H2,1-2H3,(H,21,22). The summed E-state index contributed by atoms with van der Waals surface area (Å²) in [6, 6.07) is 3.54. The molecular formula is C17H23N3O2. The molecule has 0 spiro atoms. The highest BCUT2D eigenvalue weighted by atomic mass is 16.4. The average Bonchev–Trinajstić information content (AvgIpc) is 2.82. The van der Waals surface area contributed by atoms with E-state index in [4.69, 9.17) is 0 Å². The van der Waals surface area contributed by atoms with Gasteiger partial charge in [0.25, 0.3) is 0 Å². The molecule has 1 aromatic heterocycles. The molecule has 1 aromatic carbocycles. The van der Waals surface area contributed by atoms with Crippen molar-refractivity contribution in [3.63, 3.8) is 0 Å². The topological polar surface area (TPSA) is 68.4 Å². The van der Waals surface area contributed by atoms with Crippen molar-refractivity contribution in [3.8, 4) is 0 Å². The molecule has 0 saturated carbocycles. The van der Waals surface area contributed by atoms with Crippen molar-refractivity contribution in [2.24, 2.45) is 0 Å². The Hall–Kier alpha value is -1.85. The van der Waals surface area contributed by atoms with Gasteiger partial charge in [-0.25, -0.2) is 4.79 Å². The van der Waals surface area contributed by atoms with Gasteiger partial charge in [-0.1, -0.05) is 0 Å². The molecule has 5 heteroatoms. The Bertz CT molecular complexity index is 699. The van der Waals surface area contributed by atoms with E-state index in [9.17, 15) is 9.90 Å². The lowest BCUT2D eigenvalue weighted by Gasteiger charge is -2.27. The highest BCUT2D eigenvalue weighted by Crippen LogP contribution is 2.27. The van der Waals surface area contributed by atoms with Crippen LogP contribution in [0.4, 0.5) is 0 Å². The van der Waals surface area contributed by atoms with E-state index in [0.29, 0.717) is 5.56 Å². The van der Waals surface area contributed by atoms with E-state index in [-0.39, 0.29) is 0 Å². The molecule has 2 aromatic rings. The van der Waals surface area contributed by atoms with Crippen molar-refractivity contribution < 1.29 is 9.90 Å². The van der Waals surface area contributed by atoms with Gasteiger partial charge in [-0.15, -0.1) is 0 Å². The molecule has 0 unspecified atom stereocenters. The molecule has 0 radical (unpaired) electrons. The van der Waals surface area contributed by atoms with Crippen LogP contribution in [0.15, 0.2) is 12.1 Å². The first-order chi connectivity index (χ1) is 10.6. The first kappa shape index (κ1) is 15.1. The van der Waals surface area contributed by atoms with Crippen LogP contribution in [0, 0.1) is 13.8 Å². The highest BCUT2D eigenvalue weighted by Gasteiger charge is 2.16. The van der Waals surface area contributed by atoms with Crippen LogP contribution in [-0.4, -0.2) is 53.7 Å². The molecule has 2 heterocycles. The number of nitrogens with zero attached hydrogens (tertiary/aromatic N) is 1. The van der Waals surface area contributed by atoms with Gasteiger partial charge in [0.05, 0.1) is 5.56 Å². The summed E-state index contributed by atoms with van der Waals surface area (Å²) in [5.41, 5.74) is 4.83. The van der Waals surface area contributed by atoms with Gasteiger partial charge in [-0.3, -0.25) is 0 Å². The summed E-state index contributed by atoms with van der Waals surface area (Å²) in [6.45, 7) is 9.33. The number of hydrogen-bond acceptors (Lipinski definition) is 3. The average molecular weight is 301 g/mol. The molecule has 0 aliphatic carbocycles. The van der Waals surface area contributed by atoms with Gasteiger partial charge in [0.15, 0.2) is 0 Å². The van der Waals surface area contributed by atoms with Gasteiger partial charge < -0.3 is 20.3 Å². The first-order valence-electron chi connectivity index (χ1n) is 7.84. The second kappa shape index (κ2) is 6.10. The Balaban J connectivity index is 1.90. The van der Waals surface area contributed by atoms with Crippen LogP contribution in [0.25, 0.3) is 10.9 Å². The number of piperazine rings is 1. The predicted octanol–water partition coefficient (Wildman–Crippen LogP) is 1.93. The van der Waals surface area contributed by atoms with Gasteiger partial charge in [0.1, 0.15) is 0 Å². The quantitative estimate of drug-likeness (QED) is 0.807. The van der Waals surface area contributed by atoms with Crippen molar-refractivity contribution in [1.82, 2.24) is 15.2 Å². The van der Waals surface area contributed by atoms with Crippen LogP contribution < -0.4 is 5.32 Å². The summed E-state index contributed by atoms with van der Waals surface area (Å²) in [7, 11) is 0. The van der Waals surface area contributed by atoms with Crippen LogP contribution in [0.3, 0.4) is 0 Å². The van der Waals surface area contributed by atoms with Crippen molar-refractivity contribution in [2.45, 2.75) is 20.3 Å². The maximum atomic E-state index is 11.3. The number of carboxylic acids is 1. The second-order valence-electron chi connectivity index (χ2n) is 6.09. The summed E-state index contributed by atoms with van der Waals surface area (Å²) in [5, 5.41) is 13.7. The number of aromatic carboxylic acids is 1. The minimum Gasteiger partial charge on any atom is -0.478 e. The third-order valence-corrected chi connectivity index (χ3v) is 4.56. The number of fused-ring (bicyclic) bond motifs is 1. The smallest absolute Gasteiger partial charge is 0.335 e. The van der Waals surface area contributed by atoms with Gasteiger partial charge in [-0.05, 0) is 43.5 Å². The predicted molar refractivity (Wildman–Crippen MR) is 87.7 cm³/mol. The summed E-state index contributed by atoms with van der Waals surface area (Å²) in [6.07, 6.45) is 0.953. The molecule has 1 saturated heterocycles. The van der Waals surface area contributed by atoms with Gasteiger partial charge in [-0.2, -0.15) is 0 Å². The number of carbonyl (C=O) groups is 1. The number of aromatic nitrogens is 1. The van der Waals surface area contributed by atoms with E-state index in [1.54, 1.807) is 12.1 Å². The number of nitrogens with one attached hydrogen (secondary N) is 2. The second-order valence-corrected chi connectivity index (χ2v) is 6.09. The third-order valence-electron chi connectivity index (χ3n) is 4.56. The third kappa shape index (κ3) is 2.87. The monoisotopic (exact) mass is 301 g/mol. The zero-order chi connectivity index (χ0) is 15.7. The molecule has 5 nitrogen and oxygen atoms in total. The Morgan fingerprint density at radius 1 is 1.27 bits per heavy atom. The van der Waals surface area contributed by atoms with Crippen LogP contribution in [0.2, 0.25) is 0 Å². The molecule has 22 heavy (non-hydrogen) atoms. The first-order valence-corrected chi connectivity index (χ1v) is 7.84. The molecule has 3 N–H and O–H groups in total. The summed E-state index contributed by atoms with van der Waals surface area (Å²) >= 11 is 0. The molecule has 1 aliphatic heterocycles. The van der Waals surface area contributed by atoms with Crippen molar-refractivity contribution in [1.29, 1.82) is 0 Å². The maximum absolute atomic E-state index is 11.3. The molecule has 0 atom stereocenters. The summed E-state index contributed by atoms with van der Waals surface area (Å²) in [5.74, 6) is -0.864. The minimum absolute atomic E-state index is 0.368. The fraction of sp³-hybridized carbons (Fsp3) is 0.471. The van der Waals surface area contributed by atoms with Crippen LogP contribution in [-0.2, 0) is 6.42 Å². The molecule has 1 aliphatic rings. The lowest BCUT2D eigenvalue weighted by atomic mass is 10.0. The molecule has 0 bridgehead atoms. The minimum atomic E-state index is -0.864. The Labute approximate surface area is 130 Å². The normalized spacial score (nSPS) is 16.3. The number of hydrogen-bond donors (Lipinski definition) is 3. The molecule has 1 fully saturated rings. The number of carboxylic acid groups (broad SMARTS) is 1. The fourth-order valence-corrected chi connectivity index (χ4v) is 3.31. The van der Waals surface area contributed by atoms with E-state index in [2.05, 4.69) is 22.1 Å². The van der Waals surface area contributed by atoms with Gasteiger partial charge in [0, 0.05) is 49.3 Å². The molecule has 0 amide bonds. The van der Waals surface area contributed by atoms with Crippen LogP contribution >= 0.6 is 0 Å². The van der Waals surface area contributed by atoms with Crippen LogP contribution in [0.1, 0.15) is 27.2 Å².